The average Bonchev–Trinajstić information content (AvgIpc) is 3.01. The largest absolute Gasteiger partial charge is 0.317 e. The predicted octanol–water partition coefficient (Wildman–Crippen LogP) is 2.74. The van der Waals surface area contributed by atoms with E-state index in [1.165, 1.54) is 32.5 Å². The van der Waals surface area contributed by atoms with E-state index in [-0.39, 0.29) is 0 Å². The minimum atomic E-state index is 0.703. The second-order valence-electron chi connectivity index (χ2n) is 7.15. The van der Waals surface area contributed by atoms with Gasteiger partial charge in [-0.05, 0) is 82.8 Å². The highest BCUT2D eigenvalue weighted by molar-refractivity contribution is 4.92. The Hall–Kier alpha value is -0.0800. The highest BCUT2D eigenvalue weighted by atomic mass is 15.1. The molecular weight excluding hydrogens is 220 g/mol. The molecule has 4 atom stereocenters. The van der Waals surface area contributed by atoms with E-state index in [4.69, 9.17) is 0 Å². The molecule has 2 nitrogen and oxygen atoms in total. The Bertz CT molecular complexity index is 270. The zero-order valence-corrected chi connectivity index (χ0v) is 12.2. The van der Waals surface area contributed by atoms with Crippen LogP contribution in [-0.2, 0) is 0 Å². The normalized spacial score (nSPS) is 39.3. The maximum Gasteiger partial charge on any atom is 0.00649 e. The maximum atomic E-state index is 3.43. The van der Waals surface area contributed by atoms with Gasteiger partial charge in [0.25, 0.3) is 0 Å². The third kappa shape index (κ3) is 2.60. The summed E-state index contributed by atoms with van der Waals surface area (Å²) in [5.41, 5.74) is 0. The van der Waals surface area contributed by atoms with Crippen molar-refractivity contribution in [3.05, 3.63) is 0 Å². The van der Waals surface area contributed by atoms with E-state index < -0.39 is 0 Å². The van der Waals surface area contributed by atoms with E-state index in [2.05, 4.69) is 24.2 Å². The lowest BCUT2D eigenvalue weighted by Gasteiger charge is -2.37. The summed E-state index contributed by atoms with van der Waals surface area (Å²) in [6.45, 7) is 6.47. The summed E-state index contributed by atoms with van der Waals surface area (Å²) in [6, 6.07) is 0.703. The molecule has 0 amide bonds. The van der Waals surface area contributed by atoms with Crippen molar-refractivity contribution in [2.75, 3.05) is 26.7 Å². The molecule has 2 saturated carbocycles. The van der Waals surface area contributed by atoms with Crippen LogP contribution in [0.5, 0.6) is 0 Å². The van der Waals surface area contributed by atoms with Gasteiger partial charge in [0, 0.05) is 12.6 Å². The molecule has 1 heterocycles. The van der Waals surface area contributed by atoms with E-state index in [0.29, 0.717) is 6.04 Å². The van der Waals surface area contributed by atoms with Crippen molar-refractivity contribution >= 4 is 0 Å². The van der Waals surface area contributed by atoms with Crippen LogP contribution in [-0.4, -0.2) is 37.6 Å². The minimum Gasteiger partial charge on any atom is -0.317 e. The summed E-state index contributed by atoms with van der Waals surface area (Å²) >= 11 is 0. The number of hydrogen-bond donors (Lipinski definition) is 1. The van der Waals surface area contributed by atoms with Gasteiger partial charge < -0.3 is 10.2 Å². The summed E-state index contributed by atoms with van der Waals surface area (Å²) < 4.78 is 0. The fourth-order valence-corrected chi connectivity index (χ4v) is 4.80. The van der Waals surface area contributed by atoms with Crippen molar-refractivity contribution in [2.45, 2.75) is 51.5 Å². The quantitative estimate of drug-likeness (QED) is 0.825. The molecule has 104 valence electrons. The lowest BCUT2D eigenvalue weighted by molar-refractivity contribution is 0.128. The molecule has 4 unspecified atom stereocenters. The van der Waals surface area contributed by atoms with Gasteiger partial charge in [-0.25, -0.2) is 0 Å². The molecule has 2 aliphatic carbocycles. The predicted molar refractivity (Wildman–Crippen MR) is 76.6 cm³/mol. The van der Waals surface area contributed by atoms with Crippen LogP contribution >= 0.6 is 0 Å². The first-order valence-electron chi connectivity index (χ1n) is 8.16. The van der Waals surface area contributed by atoms with Gasteiger partial charge in [-0.3, -0.25) is 0 Å². The smallest absolute Gasteiger partial charge is 0.00649 e. The van der Waals surface area contributed by atoms with Gasteiger partial charge in [0.2, 0.25) is 0 Å². The standard InChI is InChI=1S/C16H30N2/c1-12(17-2)14-5-7-18(8-6-14)11-16-10-13-3-4-15(16)9-13/h12-17H,3-11H2,1-2H3. The third-order valence-corrected chi connectivity index (χ3v) is 6.17. The molecule has 1 saturated heterocycles. The molecule has 2 bridgehead atoms. The van der Waals surface area contributed by atoms with Crippen LogP contribution in [0.2, 0.25) is 0 Å². The molecule has 0 aromatic carbocycles. The first kappa shape index (κ1) is 12.9. The first-order chi connectivity index (χ1) is 8.76. The number of hydrogen-bond acceptors (Lipinski definition) is 2. The molecule has 1 N–H and O–H groups in total. The summed E-state index contributed by atoms with van der Waals surface area (Å²) in [6.07, 6.45) is 9.02. The van der Waals surface area contributed by atoms with Crippen molar-refractivity contribution in [3.63, 3.8) is 0 Å². The summed E-state index contributed by atoms with van der Waals surface area (Å²) in [5, 5.41) is 3.43. The summed E-state index contributed by atoms with van der Waals surface area (Å²) in [4.78, 5) is 2.77. The number of likely N-dealkylation sites (tertiary alicyclic amines) is 1. The zero-order chi connectivity index (χ0) is 12.5. The SMILES string of the molecule is CNC(C)C1CCN(CC2CC3CCC2C3)CC1. The van der Waals surface area contributed by atoms with Crippen molar-refractivity contribution in [2.24, 2.45) is 23.7 Å². The van der Waals surface area contributed by atoms with Crippen LogP contribution in [0, 0.1) is 23.7 Å². The minimum absolute atomic E-state index is 0.703. The van der Waals surface area contributed by atoms with Crippen LogP contribution in [0.4, 0.5) is 0 Å². The molecule has 3 fully saturated rings. The fourth-order valence-electron chi connectivity index (χ4n) is 4.80. The molecule has 3 rings (SSSR count). The maximum absolute atomic E-state index is 3.43. The monoisotopic (exact) mass is 250 g/mol. The van der Waals surface area contributed by atoms with E-state index in [0.717, 1.165) is 23.7 Å². The second-order valence-corrected chi connectivity index (χ2v) is 7.15. The Kier molecular flexibility index (Phi) is 3.95. The molecule has 0 aromatic rings. The van der Waals surface area contributed by atoms with Crippen molar-refractivity contribution < 1.29 is 0 Å². The lowest BCUT2D eigenvalue weighted by atomic mass is 9.86. The van der Waals surface area contributed by atoms with Gasteiger partial charge in [0.1, 0.15) is 0 Å². The number of piperidine rings is 1. The summed E-state index contributed by atoms with van der Waals surface area (Å²) in [7, 11) is 2.10. The third-order valence-electron chi connectivity index (χ3n) is 6.17. The molecule has 0 spiro atoms. The van der Waals surface area contributed by atoms with Gasteiger partial charge in [-0.15, -0.1) is 0 Å². The Morgan fingerprint density at radius 1 is 1.11 bits per heavy atom. The molecule has 3 aliphatic rings. The summed E-state index contributed by atoms with van der Waals surface area (Å²) in [5.74, 6) is 4.18. The number of fused-ring (bicyclic) bond motifs is 2. The van der Waals surface area contributed by atoms with Gasteiger partial charge in [0.15, 0.2) is 0 Å². The molecule has 2 heteroatoms. The lowest BCUT2D eigenvalue weighted by Crippen LogP contribution is -2.43. The Morgan fingerprint density at radius 2 is 1.89 bits per heavy atom. The van der Waals surface area contributed by atoms with Gasteiger partial charge in [-0.2, -0.15) is 0 Å². The highest BCUT2D eigenvalue weighted by Gasteiger charge is 2.40. The number of rotatable bonds is 4. The van der Waals surface area contributed by atoms with Crippen LogP contribution in [0.1, 0.15) is 45.4 Å². The van der Waals surface area contributed by atoms with Gasteiger partial charge in [-0.1, -0.05) is 6.42 Å². The van der Waals surface area contributed by atoms with E-state index >= 15 is 0 Å². The topological polar surface area (TPSA) is 15.3 Å². The van der Waals surface area contributed by atoms with Crippen molar-refractivity contribution in [3.8, 4) is 0 Å². The Morgan fingerprint density at radius 3 is 2.44 bits per heavy atom. The second kappa shape index (κ2) is 5.50. The average molecular weight is 250 g/mol. The zero-order valence-electron chi connectivity index (χ0n) is 12.2. The molecular formula is C16H30N2. The highest BCUT2D eigenvalue weighted by Crippen LogP contribution is 2.48. The van der Waals surface area contributed by atoms with Crippen molar-refractivity contribution in [1.29, 1.82) is 0 Å². The molecule has 1 aliphatic heterocycles. The van der Waals surface area contributed by atoms with Crippen LogP contribution in [0.15, 0.2) is 0 Å². The Labute approximate surface area is 113 Å². The van der Waals surface area contributed by atoms with Crippen LogP contribution in [0.25, 0.3) is 0 Å². The van der Waals surface area contributed by atoms with Gasteiger partial charge in [0.05, 0.1) is 0 Å². The van der Waals surface area contributed by atoms with E-state index in [9.17, 15) is 0 Å². The van der Waals surface area contributed by atoms with Gasteiger partial charge >= 0.3 is 0 Å². The van der Waals surface area contributed by atoms with E-state index in [1.54, 1.807) is 25.7 Å². The Balaban J connectivity index is 1.43. The number of nitrogens with one attached hydrogen (secondary N) is 1. The van der Waals surface area contributed by atoms with Crippen LogP contribution < -0.4 is 5.32 Å². The number of nitrogens with zero attached hydrogens (tertiary/aromatic N) is 1. The fraction of sp³-hybridized carbons (Fsp3) is 1.00. The van der Waals surface area contributed by atoms with E-state index in [1.807, 2.05) is 0 Å². The molecule has 0 aromatic heterocycles. The van der Waals surface area contributed by atoms with Crippen molar-refractivity contribution in [1.82, 2.24) is 10.2 Å². The molecule has 18 heavy (non-hydrogen) atoms. The van der Waals surface area contributed by atoms with Crippen LogP contribution in [0.3, 0.4) is 0 Å². The first-order valence-corrected chi connectivity index (χ1v) is 8.16. The molecule has 0 radical (unpaired) electrons.